The van der Waals surface area contributed by atoms with Crippen LogP contribution in [0.25, 0.3) is 0 Å². The van der Waals surface area contributed by atoms with Crippen LogP contribution in [0.1, 0.15) is 12.5 Å². The van der Waals surface area contributed by atoms with Crippen molar-refractivity contribution in [2.45, 2.75) is 22.9 Å². The number of hydrogen-bond donors (Lipinski definition) is 2. The van der Waals surface area contributed by atoms with Crippen molar-refractivity contribution in [3.63, 3.8) is 0 Å². The molecule has 146 valence electrons. The molecule has 1 aromatic heterocycles. The Hall–Kier alpha value is -1.80. The van der Waals surface area contributed by atoms with Gasteiger partial charge in [0, 0.05) is 6.54 Å². The van der Waals surface area contributed by atoms with E-state index in [4.69, 9.17) is 23.2 Å². The van der Waals surface area contributed by atoms with Gasteiger partial charge in [-0.3, -0.25) is 4.79 Å². The molecule has 0 saturated carbocycles. The summed E-state index contributed by atoms with van der Waals surface area (Å²) < 4.78 is 0.724. The number of anilines is 2. The second-order valence-corrected chi connectivity index (χ2v) is 9.24. The fraction of sp³-hybridized carbons (Fsp3) is 0.211. The summed E-state index contributed by atoms with van der Waals surface area (Å²) in [6, 6.07) is 15.4. The van der Waals surface area contributed by atoms with Crippen molar-refractivity contribution in [1.29, 1.82) is 0 Å². The fourth-order valence-electron chi connectivity index (χ4n) is 2.33. The molecule has 1 amide bonds. The lowest BCUT2D eigenvalue weighted by Gasteiger charge is -2.11. The predicted molar refractivity (Wildman–Crippen MR) is 119 cm³/mol. The quantitative estimate of drug-likeness (QED) is 0.434. The molecule has 0 bridgehead atoms. The maximum atomic E-state index is 12.4. The minimum absolute atomic E-state index is 0.178. The summed E-state index contributed by atoms with van der Waals surface area (Å²) >= 11 is 14.9. The number of hydrogen-bond acceptors (Lipinski definition) is 6. The molecule has 0 fully saturated rings. The van der Waals surface area contributed by atoms with Gasteiger partial charge >= 0.3 is 0 Å². The first kappa shape index (κ1) is 20.9. The third-order valence-electron chi connectivity index (χ3n) is 3.80. The average Bonchev–Trinajstić information content (AvgIpc) is 3.13. The van der Waals surface area contributed by atoms with Crippen LogP contribution in [0.2, 0.25) is 10.0 Å². The molecule has 2 aromatic carbocycles. The van der Waals surface area contributed by atoms with E-state index in [1.54, 1.807) is 18.2 Å². The minimum atomic E-state index is -0.361. The van der Waals surface area contributed by atoms with Crippen molar-refractivity contribution in [2.75, 3.05) is 17.2 Å². The Bertz CT molecular complexity index is 937. The van der Waals surface area contributed by atoms with Crippen molar-refractivity contribution in [1.82, 2.24) is 10.2 Å². The summed E-state index contributed by atoms with van der Waals surface area (Å²) in [6.07, 6.45) is 0.905. The second-order valence-electron chi connectivity index (χ2n) is 5.89. The molecular formula is C19H18Cl2N4OS2. The van der Waals surface area contributed by atoms with Crippen LogP contribution >= 0.6 is 46.3 Å². The van der Waals surface area contributed by atoms with E-state index in [0.717, 1.165) is 22.4 Å². The van der Waals surface area contributed by atoms with Crippen molar-refractivity contribution >= 4 is 63.0 Å². The first-order chi connectivity index (χ1) is 13.5. The zero-order valence-electron chi connectivity index (χ0n) is 15.0. The van der Waals surface area contributed by atoms with Crippen LogP contribution in [-0.4, -0.2) is 27.9 Å². The maximum Gasteiger partial charge on any atom is 0.237 e. The van der Waals surface area contributed by atoms with Gasteiger partial charge in [0.05, 0.1) is 21.0 Å². The van der Waals surface area contributed by atoms with E-state index in [2.05, 4.69) is 33.0 Å². The molecule has 1 atom stereocenters. The van der Waals surface area contributed by atoms with Gasteiger partial charge in [-0.15, -0.1) is 10.2 Å². The van der Waals surface area contributed by atoms with E-state index >= 15 is 0 Å². The number of halogens is 2. The van der Waals surface area contributed by atoms with E-state index in [0.29, 0.717) is 15.7 Å². The molecule has 1 heterocycles. The molecule has 0 saturated heterocycles. The van der Waals surface area contributed by atoms with Crippen molar-refractivity contribution in [3.8, 4) is 0 Å². The minimum Gasteiger partial charge on any atom is -0.360 e. The third-order valence-corrected chi connectivity index (χ3v) is 6.68. The molecule has 0 aliphatic rings. The lowest BCUT2D eigenvalue weighted by Crippen LogP contribution is -2.22. The first-order valence-electron chi connectivity index (χ1n) is 8.56. The summed E-state index contributed by atoms with van der Waals surface area (Å²) in [7, 11) is 0. The van der Waals surface area contributed by atoms with Crippen LogP contribution in [-0.2, 0) is 11.2 Å². The number of rotatable bonds is 8. The molecule has 0 aliphatic carbocycles. The predicted octanol–water partition coefficient (Wildman–Crippen LogP) is 5.62. The van der Waals surface area contributed by atoms with Gasteiger partial charge in [0.15, 0.2) is 4.34 Å². The highest BCUT2D eigenvalue weighted by Crippen LogP contribution is 2.32. The van der Waals surface area contributed by atoms with Gasteiger partial charge in [0.25, 0.3) is 0 Å². The first-order valence-corrected chi connectivity index (χ1v) is 11.0. The molecule has 3 aromatic rings. The Labute approximate surface area is 181 Å². The number of nitrogens with one attached hydrogen (secondary N) is 2. The Morgan fingerprint density at radius 1 is 1.14 bits per heavy atom. The van der Waals surface area contributed by atoms with E-state index in [-0.39, 0.29) is 11.2 Å². The molecule has 0 radical (unpaired) electrons. The number of benzene rings is 2. The Morgan fingerprint density at radius 3 is 2.71 bits per heavy atom. The monoisotopic (exact) mass is 452 g/mol. The number of aromatic nitrogens is 2. The van der Waals surface area contributed by atoms with Crippen LogP contribution in [0.3, 0.4) is 0 Å². The van der Waals surface area contributed by atoms with Crippen molar-refractivity contribution in [2.24, 2.45) is 0 Å². The molecule has 2 N–H and O–H groups in total. The zero-order valence-corrected chi connectivity index (χ0v) is 18.1. The molecular weight excluding hydrogens is 435 g/mol. The highest BCUT2D eigenvalue weighted by molar-refractivity contribution is 8.02. The van der Waals surface area contributed by atoms with Crippen LogP contribution in [0.15, 0.2) is 52.9 Å². The standard InChI is InChI=1S/C19H18Cl2N4OS2/c1-12(17(26)23-15-9-5-8-14(20)16(15)21)27-19-25-24-18(28-19)22-11-10-13-6-3-2-4-7-13/h2-9,12H,10-11H2,1H3,(H,22,24)(H,23,26). The van der Waals surface area contributed by atoms with Crippen LogP contribution in [0.4, 0.5) is 10.8 Å². The molecule has 1 unspecified atom stereocenters. The summed E-state index contributed by atoms with van der Waals surface area (Å²) in [4.78, 5) is 12.4. The van der Waals surface area contributed by atoms with Gasteiger partial charge in [0.1, 0.15) is 0 Å². The van der Waals surface area contributed by atoms with Crippen LogP contribution in [0.5, 0.6) is 0 Å². The fourth-order valence-corrected chi connectivity index (χ4v) is 4.60. The third kappa shape index (κ3) is 5.85. The van der Waals surface area contributed by atoms with E-state index in [1.165, 1.54) is 28.7 Å². The van der Waals surface area contributed by atoms with Gasteiger partial charge in [0.2, 0.25) is 11.0 Å². The number of thioether (sulfide) groups is 1. The summed E-state index contributed by atoms with van der Waals surface area (Å²) in [5, 5.41) is 15.5. The van der Waals surface area contributed by atoms with E-state index < -0.39 is 0 Å². The lowest BCUT2D eigenvalue weighted by atomic mass is 10.2. The maximum absolute atomic E-state index is 12.4. The smallest absolute Gasteiger partial charge is 0.237 e. The van der Waals surface area contributed by atoms with Gasteiger partial charge in [-0.25, -0.2) is 0 Å². The number of carbonyl (C=O) groups excluding carboxylic acids is 1. The Kier molecular flexibility index (Phi) is 7.56. The molecule has 28 heavy (non-hydrogen) atoms. The SMILES string of the molecule is CC(Sc1nnc(NCCc2ccccc2)s1)C(=O)Nc1cccc(Cl)c1Cl. The molecule has 9 heteroatoms. The highest BCUT2D eigenvalue weighted by Gasteiger charge is 2.18. The molecule has 0 aliphatic heterocycles. The summed E-state index contributed by atoms with van der Waals surface area (Å²) in [6.45, 7) is 2.58. The van der Waals surface area contributed by atoms with Crippen molar-refractivity contribution < 1.29 is 4.79 Å². The average molecular weight is 453 g/mol. The number of amides is 1. The molecule has 0 spiro atoms. The largest absolute Gasteiger partial charge is 0.360 e. The summed E-state index contributed by atoms with van der Waals surface area (Å²) in [5.41, 5.74) is 1.76. The Balaban J connectivity index is 1.49. The zero-order chi connectivity index (χ0) is 19.9. The lowest BCUT2D eigenvalue weighted by molar-refractivity contribution is -0.115. The molecule has 3 rings (SSSR count). The topological polar surface area (TPSA) is 66.9 Å². The summed E-state index contributed by atoms with van der Waals surface area (Å²) in [5.74, 6) is -0.178. The van der Waals surface area contributed by atoms with Gasteiger partial charge in [-0.2, -0.15) is 0 Å². The van der Waals surface area contributed by atoms with E-state index in [1.807, 2.05) is 25.1 Å². The van der Waals surface area contributed by atoms with E-state index in [9.17, 15) is 4.79 Å². The number of nitrogens with zero attached hydrogens (tertiary/aromatic N) is 2. The van der Waals surface area contributed by atoms with Crippen molar-refractivity contribution in [3.05, 3.63) is 64.1 Å². The Morgan fingerprint density at radius 2 is 1.93 bits per heavy atom. The molecule has 5 nitrogen and oxygen atoms in total. The highest BCUT2D eigenvalue weighted by atomic mass is 35.5. The number of carbonyl (C=O) groups is 1. The van der Waals surface area contributed by atoms with Gasteiger partial charge in [-0.1, -0.05) is 82.7 Å². The van der Waals surface area contributed by atoms with Crippen LogP contribution < -0.4 is 10.6 Å². The normalized spacial score (nSPS) is 11.8. The van der Waals surface area contributed by atoms with Crippen LogP contribution in [0, 0.1) is 0 Å². The van der Waals surface area contributed by atoms with Gasteiger partial charge < -0.3 is 10.6 Å². The van der Waals surface area contributed by atoms with Gasteiger partial charge in [-0.05, 0) is 31.0 Å². The second kappa shape index (κ2) is 10.1.